The Morgan fingerprint density at radius 2 is 2.32 bits per heavy atom. The van der Waals surface area contributed by atoms with Crippen LogP contribution in [0.2, 0.25) is 0 Å². The number of carbonyl (C=O) groups excluding carboxylic acids is 1. The Bertz CT molecular complexity index is 510. The van der Waals surface area contributed by atoms with Crippen molar-refractivity contribution in [3.05, 3.63) is 16.1 Å². The number of thiazole rings is 1. The van der Waals surface area contributed by atoms with Gasteiger partial charge in [-0.25, -0.2) is 9.78 Å². The maximum absolute atomic E-state index is 12.3. The molecule has 1 aliphatic rings. The first kappa shape index (κ1) is 17.2. The maximum atomic E-state index is 12.3. The number of nitrogens with one attached hydrogen (secondary N) is 1. The third-order valence-electron chi connectivity index (χ3n) is 3.84. The molecule has 0 spiro atoms. The summed E-state index contributed by atoms with van der Waals surface area (Å²) in [5.41, 5.74) is 2.52. The molecule has 0 saturated carbocycles. The highest BCUT2D eigenvalue weighted by Crippen LogP contribution is 2.23. The Balaban J connectivity index is 1.89. The Labute approximate surface area is 137 Å². The van der Waals surface area contributed by atoms with Crippen LogP contribution in [0.1, 0.15) is 57.1 Å². The minimum atomic E-state index is -0.440. The van der Waals surface area contributed by atoms with Gasteiger partial charge in [-0.15, -0.1) is 11.3 Å². The molecule has 1 N–H and O–H groups in total. The fourth-order valence-electron chi connectivity index (χ4n) is 2.74. The van der Waals surface area contributed by atoms with Crippen molar-refractivity contribution >= 4 is 17.4 Å². The number of rotatable bonds is 4. The van der Waals surface area contributed by atoms with Gasteiger partial charge in [0.2, 0.25) is 0 Å². The number of amides is 1. The van der Waals surface area contributed by atoms with Gasteiger partial charge in [-0.1, -0.05) is 0 Å². The van der Waals surface area contributed by atoms with Crippen LogP contribution in [0.3, 0.4) is 0 Å². The highest BCUT2D eigenvalue weighted by atomic mass is 32.1. The lowest BCUT2D eigenvalue weighted by Crippen LogP contribution is -2.44. The number of carbonyl (C=O) groups is 1. The number of aromatic nitrogens is 1. The molecular weight excluding hydrogens is 298 g/mol. The molecule has 5 nitrogen and oxygen atoms in total. The lowest BCUT2D eigenvalue weighted by molar-refractivity contribution is 0.0225. The standard InChI is InChI=1S/C16H27N3O2S/c1-11(14-12(2)18-10-22-14)17-9-13-7-6-8-19(13)15(20)21-16(3,4)5/h10-11,13,17H,6-9H2,1-5H3. The Morgan fingerprint density at radius 1 is 1.59 bits per heavy atom. The molecule has 2 heterocycles. The quantitative estimate of drug-likeness (QED) is 0.920. The molecule has 2 rings (SSSR count). The van der Waals surface area contributed by atoms with Crippen LogP contribution in [0.15, 0.2) is 5.51 Å². The van der Waals surface area contributed by atoms with Gasteiger partial charge in [-0.3, -0.25) is 0 Å². The second-order valence-corrected chi connectivity index (χ2v) is 7.79. The first-order valence-corrected chi connectivity index (χ1v) is 8.79. The molecule has 1 saturated heterocycles. The topological polar surface area (TPSA) is 54.5 Å². The summed E-state index contributed by atoms with van der Waals surface area (Å²) in [5.74, 6) is 0. The van der Waals surface area contributed by atoms with Gasteiger partial charge in [0.1, 0.15) is 5.60 Å². The molecule has 2 atom stereocenters. The van der Waals surface area contributed by atoms with Gasteiger partial charge >= 0.3 is 6.09 Å². The van der Waals surface area contributed by atoms with Crippen LogP contribution in [-0.2, 0) is 4.74 Å². The number of ether oxygens (including phenoxy) is 1. The highest BCUT2D eigenvalue weighted by molar-refractivity contribution is 7.09. The van der Waals surface area contributed by atoms with Gasteiger partial charge in [0.05, 0.1) is 11.2 Å². The molecule has 1 aliphatic heterocycles. The zero-order valence-electron chi connectivity index (χ0n) is 14.2. The summed E-state index contributed by atoms with van der Waals surface area (Å²) in [6.07, 6.45) is 1.87. The van der Waals surface area contributed by atoms with Crippen LogP contribution >= 0.6 is 11.3 Å². The minimum absolute atomic E-state index is 0.196. The molecule has 1 aromatic rings. The SMILES string of the molecule is Cc1ncsc1C(C)NCC1CCCN1C(=O)OC(C)(C)C. The Hall–Kier alpha value is -1.14. The van der Waals surface area contributed by atoms with Gasteiger partial charge in [0.25, 0.3) is 0 Å². The van der Waals surface area contributed by atoms with E-state index in [1.54, 1.807) is 11.3 Å². The van der Waals surface area contributed by atoms with Crippen LogP contribution in [0.25, 0.3) is 0 Å². The van der Waals surface area contributed by atoms with E-state index in [0.29, 0.717) is 0 Å². The average molecular weight is 325 g/mol. The predicted molar refractivity (Wildman–Crippen MR) is 89.2 cm³/mol. The van der Waals surface area contributed by atoms with Crippen molar-refractivity contribution < 1.29 is 9.53 Å². The molecular formula is C16H27N3O2S. The molecule has 1 aromatic heterocycles. The number of nitrogens with zero attached hydrogens (tertiary/aromatic N) is 2. The van der Waals surface area contributed by atoms with Gasteiger partial charge in [-0.2, -0.15) is 0 Å². The van der Waals surface area contributed by atoms with Crippen molar-refractivity contribution in [3.63, 3.8) is 0 Å². The van der Waals surface area contributed by atoms with Crippen molar-refractivity contribution in [3.8, 4) is 0 Å². The first-order valence-electron chi connectivity index (χ1n) is 7.91. The largest absolute Gasteiger partial charge is 0.444 e. The lowest BCUT2D eigenvalue weighted by Gasteiger charge is -2.29. The lowest BCUT2D eigenvalue weighted by atomic mass is 10.2. The molecule has 1 fully saturated rings. The van der Waals surface area contributed by atoms with Crippen LogP contribution < -0.4 is 5.32 Å². The minimum Gasteiger partial charge on any atom is -0.444 e. The van der Waals surface area contributed by atoms with Crippen molar-refractivity contribution in [1.29, 1.82) is 0 Å². The van der Waals surface area contributed by atoms with Gasteiger partial charge in [0, 0.05) is 30.1 Å². The zero-order valence-corrected chi connectivity index (χ0v) is 15.0. The van der Waals surface area contributed by atoms with Crippen LogP contribution in [0, 0.1) is 6.92 Å². The van der Waals surface area contributed by atoms with E-state index in [-0.39, 0.29) is 18.2 Å². The number of aryl methyl sites for hydroxylation is 1. The fraction of sp³-hybridized carbons (Fsp3) is 0.750. The van der Waals surface area contributed by atoms with E-state index in [1.807, 2.05) is 38.1 Å². The fourth-order valence-corrected chi connectivity index (χ4v) is 3.58. The molecule has 6 heteroatoms. The molecule has 0 radical (unpaired) electrons. The molecule has 0 aromatic carbocycles. The van der Waals surface area contributed by atoms with Gasteiger partial charge in [-0.05, 0) is 47.5 Å². The van der Waals surface area contributed by atoms with Gasteiger partial charge < -0.3 is 15.0 Å². The van der Waals surface area contributed by atoms with Crippen LogP contribution in [0.5, 0.6) is 0 Å². The zero-order chi connectivity index (χ0) is 16.3. The van der Waals surface area contributed by atoms with Crippen molar-refractivity contribution in [2.24, 2.45) is 0 Å². The second kappa shape index (κ2) is 6.96. The van der Waals surface area contributed by atoms with E-state index in [1.165, 1.54) is 4.88 Å². The van der Waals surface area contributed by atoms with E-state index in [2.05, 4.69) is 17.2 Å². The van der Waals surface area contributed by atoms with Crippen molar-refractivity contribution in [2.45, 2.75) is 65.1 Å². The Kier molecular flexibility index (Phi) is 5.45. The normalized spacial score (nSPS) is 20.2. The van der Waals surface area contributed by atoms with E-state index in [0.717, 1.165) is 31.6 Å². The summed E-state index contributed by atoms with van der Waals surface area (Å²) < 4.78 is 5.50. The third-order valence-corrected chi connectivity index (χ3v) is 4.95. The van der Waals surface area contributed by atoms with E-state index < -0.39 is 5.60 Å². The number of likely N-dealkylation sites (tertiary alicyclic amines) is 1. The predicted octanol–water partition coefficient (Wildman–Crippen LogP) is 3.50. The van der Waals surface area contributed by atoms with Gasteiger partial charge in [0.15, 0.2) is 0 Å². The summed E-state index contributed by atoms with van der Waals surface area (Å²) in [5, 5.41) is 3.54. The monoisotopic (exact) mass is 325 g/mol. The maximum Gasteiger partial charge on any atom is 0.410 e. The molecule has 124 valence electrons. The van der Waals surface area contributed by atoms with E-state index in [9.17, 15) is 4.79 Å². The first-order chi connectivity index (χ1) is 10.3. The Morgan fingerprint density at radius 3 is 2.91 bits per heavy atom. The molecule has 0 aliphatic carbocycles. The average Bonchev–Trinajstić information content (AvgIpc) is 3.02. The summed E-state index contributed by atoms with van der Waals surface area (Å²) in [7, 11) is 0. The summed E-state index contributed by atoms with van der Waals surface area (Å²) in [6.45, 7) is 11.5. The molecule has 0 bridgehead atoms. The summed E-state index contributed by atoms with van der Waals surface area (Å²) >= 11 is 1.68. The van der Waals surface area contributed by atoms with E-state index >= 15 is 0 Å². The number of hydrogen-bond donors (Lipinski definition) is 1. The third kappa shape index (κ3) is 4.43. The second-order valence-electron chi connectivity index (χ2n) is 6.90. The summed E-state index contributed by atoms with van der Waals surface area (Å²) in [4.78, 5) is 19.7. The van der Waals surface area contributed by atoms with Crippen LogP contribution in [0.4, 0.5) is 4.79 Å². The molecule has 2 unspecified atom stereocenters. The van der Waals surface area contributed by atoms with Crippen molar-refractivity contribution in [1.82, 2.24) is 15.2 Å². The van der Waals surface area contributed by atoms with E-state index in [4.69, 9.17) is 4.74 Å². The molecule has 22 heavy (non-hydrogen) atoms. The van der Waals surface area contributed by atoms with Crippen LogP contribution in [-0.4, -0.2) is 40.7 Å². The summed E-state index contributed by atoms with van der Waals surface area (Å²) in [6, 6.07) is 0.471. The highest BCUT2D eigenvalue weighted by Gasteiger charge is 2.32. The number of hydrogen-bond acceptors (Lipinski definition) is 5. The van der Waals surface area contributed by atoms with Crippen molar-refractivity contribution in [2.75, 3.05) is 13.1 Å². The molecule has 1 amide bonds. The smallest absolute Gasteiger partial charge is 0.410 e.